The van der Waals surface area contributed by atoms with Crippen LogP contribution in [0.15, 0.2) is 42.5 Å². The highest BCUT2D eigenvalue weighted by atomic mass is 16.5. The van der Waals surface area contributed by atoms with Crippen molar-refractivity contribution in [2.75, 3.05) is 13.1 Å². The summed E-state index contributed by atoms with van der Waals surface area (Å²) >= 11 is 0. The zero-order valence-corrected chi connectivity index (χ0v) is 15.1. The number of ether oxygens (including phenoxy) is 1. The van der Waals surface area contributed by atoms with Gasteiger partial charge in [0.2, 0.25) is 0 Å². The van der Waals surface area contributed by atoms with Gasteiger partial charge in [-0.05, 0) is 67.8 Å². The Morgan fingerprint density at radius 3 is 2.72 bits per heavy atom. The number of hydrogen-bond acceptors (Lipinski definition) is 3. The summed E-state index contributed by atoms with van der Waals surface area (Å²) in [4.78, 5) is 12.2. The van der Waals surface area contributed by atoms with Crippen LogP contribution in [0.25, 0.3) is 16.3 Å². The molecule has 3 rings (SSSR count). The van der Waals surface area contributed by atoms with Gasteiger partial charge in [-0.3, -0.25) is 4.79 Å². The maximum Gasteiger partial charge on any atom is 0.260 e. The summed E-state index contributed by atoms with van der Waals surface area (Å²) in [5, 5.41) is 8.60. The highest BCUT2D eigenvalue weighted by Crippen LogP contribution is 2.32. The number of fused-ring (bicyclic) bond motifs is 1. The van der Waals surface area contributed by atoms with Crippen molar-refractivity contribution in [2.45, 2.75) is 39.3 Å². The minimum atomic E-state index is -0.529. The standard InChI is InChI=1S/C21H26N2O2/c1-14(2)23-21(24)15(3)25-18-12-17-6-4-5-7-19(17)20(13-18)16-8-10-22-11-9-16/h4-8,12-15,22H,9-11H2,1-3H3,(H,23,24). The Hall–Kier alpha value is -2.33. The number of carbonyl (C=O) groups is 1. The van der Waals surface area contributed by atoms with Crippen molar-refractivity contribution in [1.29, 1.82) is 0 Å². The zero-order valence-electron chi connectivity index (χ0n) is 15.1. The van der Waals surface area contributed by atoms with Gasteiger partial charge in [0.15, 0.2) is 6.10 Å². The third-order valence-corrected chi connectivity index (χ3v) is 4.36. The molecule has 0 saturated heterocycles. The molecule has 2 aromatic carbocycles. The Morgan fingerprint density at radius 1 is 1.20 bits per heavy atom. The lowest BCUT2D eigenvalue weighted by molar-refractivity contribution is -0.127. The van der Waals surface area contributed by atoms with Crippen LogP contribution in [-0.2, 0) is 4.79 Å². The van der Waals surface area contributed by atoms with Crippen LogP contribution in [0.5, 0.6) is 5.75 Å². The number of amides is 1. The van der Waals surface area contributed by atoms with E-state index in [9.17, 15) is 4.79 Å². The maximum absolute atomic E-state index is 12.2. The Bertz CT molecular complexity index is 796. The van der Waals surface area contributed by atoms with Crippen LogP contribution in [0.3, 0.4) is 0 Å². The second-order valence-electron chi connectivity index (χ2n) is 6.80. The molecule has 0 radical (unpaired) electrons. The van der Waals surface area contributed by atoms with Gasteiger partial charge < -0.3 is 15.4 Å². The van der Waals surface area contributed by atoms with Crippen LogP contribution in [0, 0.1) is 0 Å². The lowest BCUT2D eigenvalue weighted by Crippen LogP contribution is -2.40. The molecule has 1 amide bonds. The van der Waals surface area contributed by atoms with Crippen LogP contribution in [0.1, 0.15) is 32.8 Å². The summed E-state index contributed by atoms with van der Waals surface area (Å²) in [5.74, 6) is 0.644. The normalized spacial score (nSPS) is 15.8. The van der Waals surface area contributed by atoms with Crippen molar-refractivity contribution < 1.29 is 9.53 Å². The summed E-state index contributed by atoms with van der Waals surface area (Å²) in [6.45, 7) is 7.56. The van der Waals surface area contributed by atoms with Crippen molar-refractivity contribution in [3.8, 4) is 5.75 Å². The summed E-state index contributed by atoms with van der Waals surface area (Å²) in [7, 11) is 0. The van der Waals surface area contributed by atoms with E-state index in [1.54, 1.807) is 6.92 Å². The fraction of sp³-hybridized carbons (Fsp3) is 0.381. The largest absolute Gasteiger partial charge is 0.481 e. The van der Waals surface area contributed by atoms with Crippen molar-refractivity contribution in [1.82, 2.24) is 10.6 Å². The minimum Gasteiger partial charge on any atom is -0.481 e. The van der Waals surface area contributed by atoms with Crippen LogP contribution in [-0.4, -0.2) is 31.1 Å². The highest BCUT2D eigenvalue weighted by Gasteiger charge is 2.17. The van der Waals surface area contributed by atoms with E-state index < -0.39 is 6.10 Å². The number of carbonyl (C=O) groups excluding carboxylic acids is 1. The molecule has 1 atom stereocenters. The Kier molecular flexibility index (Phi) is 5.39. The maximum atomic E-state index is 12.2. The third kappa shape index (κ3) is 4.20. The molecule has 0 aliphatic carbocycles. The topological polar surface area (TPSA) is 50.4 Å². The van der Waals surface area contributed by atoms with E-state index in [0.717, 1.165) is 30.6 Å². The molecule has 2 aromatic rings. The molecule has 1 aliphatic heterocycles. The molecule has 132 valence electrons. The third-order valence-electron chi connectivity index (χ3n) is 4.36. The molecule has 0 spiro atoms. The van der Waals surface area contributed by atoms with Crippen LogP contribution in [0.4, 0.5) is 0 Å². The summed E-state index contributed by atoms with van der Waals surface area (Å²) < 4.78 is 5.96. The van der Waals surface area contributed by atoms with E-state index in [0.29, 0.717) is 0 Å². The van der Waals surface area contributed by atoms with Gasteiger partial charge in [0.25, 0.3) is 5.91 Å². The van der Waals surface area contributed by atoms with Gasteiger partial charge in [0, 0.05) is 12.6 Å². The van der Waals surface area contributed by atoms with Gasteiger partial charge in [-0.15, -0.1) is 0 Å². The average molecular weight is 338 g/mol. The summed E-state index contributed by atoms with van der Waals surface area (Å²) in [6, 6.07) is 12.5. The molecule has 0 saturated carbocycles. The molecule has 1 aliphatic rings. The number of rotatable bonds is 5. The van der Waals surface area contributed by atoms with E-state index in [1.807, 2.05) is 26.0 Å². The molecule has 0 bridgehead atoms. The average Bonchev–Trinajstić information content (AvgIpc) is 2.61. The van der Waals surface area contributed by atoms with Crippen molar-refractivity contribution in [3.63, 3.8) is 0 Å². The summed E-state index contributed by atoms with van der Waals surface area (Å²) in [6.07, 6.45) is 2.71. The number of nitrogens with one attached hydrogen (secondary N) is 2. The SMILES string of the molecule is CC(C)NC(=O)C(C)Oc1cc(C2=CCNCC2)c2ccccc2c1. The number of benzene rings is 2. The molecule has 4 heteroatoms. The van der Waals surface area contributed by atoms with E-state index in [2.05, 4.69) is 41.0 Å². The van der Waals surface area contributed by atoms with Crippen molar-refractivity contribution >= 4 is 22.3 Å². The van der Waals surface area contributed by atoms with Gasteiger partial charge in [0.05, 0.1) is 0 Å². The predicted octanol–water partition coefficient (Wildman–Crippen LogP) is 3.51. The fourth-order valence-electron chi connectivity index (χ4n) is 3.14. The van der Waals surface area contributed by atoms with Crippen molar-refractivity contribution in [2.24, 2.45) is 0 Å². The smallest absolute Gasteiger partial charge is 0.260 e. The van der Waals surface area contributed by atoms with Gasteiger partial charge in [-0.2, -0.15) is 0 Å². The van der Waals surface area contributed by atoms with Gasteiger partial charge >= 0.3 is 0 Å². The predicted molar refractivity (Wildman–Crippen MR) is 103 cm³/mol. The first-order valence-electron chi connectivity index (χ1n) is 8.94. The van der Waals surface area contributed by atoms with Crippen LogP contribution >= 0.6 is 0 Å². The first-order chi connectivity index (χ1) is 12.0. The Balaban J connectivity index is 1.94. The van der Waals surface area contributed by atoms with Crippen LogP contribution < -0.4 is 15.4 Å². The monoisotopic (exact) mass is 338 g/mol. The molecule has 0 aromatic heterocycles. The molecular formula is C21H26N2O2. The molecule has 4 nitrogen and oxygen atoms in total. The second kappa shape index (κ2) is 7.70. The molecule has 1 unspecified atom stereocenters. The molecular weight excluding hydrogens is 312 g/mol. The van der Waals surface area contributed by atoms with E-state index in [1.165, 1.54) is 16.5 Å². The van der Waals surface area contributed by atoms with E-state index in [-0.39, 0.29) is 11.9 Å². The first-order valence-corrected chi connectivity index (χ1v) is 8.94. The van der Waals surface area contributed by atoms with E-state index >= 15 is 0 Å². The molecule has 25 heavy (non-hydrogen) atoms. The van der Waals surface area contributed by atoms with Gasteiger partial charge in [0.1, 0.15) is 5.75 Å². The minimum absolute atomic E-state index is 0.0919. The van der Waals surface area contributed by atoms with Gasteiger partial charge in [-0.1, -0.05) is 30.3 Å². The van der Waals surface area contributed by atoms with Crippen LogP contribution in [0.2, 0.25) is 0 Å². The summed E-state index contributed by atoms with van der Waals surface area (Å²) in [5.41, 5.74) is 2.53. The Labute approximate surface area is 149 Å². The van der Waals surface area contributed by atoms with E-state index in [4.69, 9.17) is 4.74 Å². The molecule has 1 heterocycles. The first kappa shape index (κ1) is 17.5. The number of hydrogen-bond donors (Lipinski definition) is 2. The molecule has 0 fully saturated rings. The second-order valence-corrected chi connectivity index (χ2v) is 6.80. The fourth-order valence-corrected chi connectivity index (χ4v) is 3.14. The Morgan fingerprint density at radius 2 is 2.00 bits per heavy atom. The van der Waals surface area contributed by atoms with Gasteiger partial charge in [-0.25, -0.2) is 0 Å². The zero-order chi connectivity index (χ0) is 17.8. The van der Waals surface area contributed by atoms with Crippen molar-refractivity contribution in [3.05, 3.63) is 48.0 Å². The lowest BCUT2D eigenvalue weighted by Gasteiger charge is -2.20. The quantitative estimate of drug-likeness (QED) is 0.877. The lowest BCUT2D eigenvalue weighted by atomic mass is 9.94. The highest BCUT2D eigenvalue weighted by molar-refractivity contribution is 5.95. The molecule has 2 N–H and O–H groups in total.